The molecule has 2 heterocycles. The minimum Gasteiger partial charge on any atom is -0.309 e. The predicted octanol–water partition coefficient (Wildman–Crippen LogP) is 1.92. The fourth-order valence-electron chi connectivity index (χ4n) is 1.75. The molecule has 2 rings (SSSR count). The summed E-state index contributed by atoms with van der Waals surface area (Å²) in [5.41, 5.74) is 2.36. The lowest BCUT2D eigenvalue weighted by molar-refractivity contribution is 0.603. The summed E-state index contributed by atoms with van der Waals surface area (Å²) < 4.78 is 3.09. The van der Waals surface area contributed by atoms with Gasteiger partial charge in [-0.2, -0.15) is 5.10 Å². The summed E-state index contributed by atoms with van der Waals surface area (Å²) >= 11 is 3.59. The Hall–Kier alpha value is -0.350. The monoisotopic (exact) mass is 243 g/mol. The van der Waals surface area contributed by atoms with E-state index in [4.69, 9.17) is 0 Å². The molecule has 0 aliphatic carbocycles. The molecule has 72 valence electrons. The summed E-state index contributed by atoms with van der Waals surface area (Å²) in [6, 6.07) is 0.453. The standard InChI is InChI=1S/C9H14BrN3/c1-6-8(10)9(12-13(6)2)7-4-3-5-11-7/h7,11H,3-5H2,1-2H3. The van der Waals surface area contributed by atoms with Gasteiger partial charge in [0, 0.05) is 12.7 Å². The number of nitrogens with zero attached hydrogens (tertiary/aromatic N) is 2. The van der Waals surface area contributed by atoms with Crippen LogP contribution in [0.5, 0.6) is 0 Å². The average Bonchev–Trinajstić information content (AvgIpc) is 2.70. The first-order valence-electron chi connectivity index (χ1n) is 4.62. The Morgan fingerprint density at radius 2 is 2.38 bits per heavy atom. The Balaban J connectivity index is 2.34. The van der Waals surface area contributed by atoms with E-state index in [0.717, 1.165) is 16.7 Å². The summed E-state index contributed by atoms with van der Waals surface area (Å²) in [7, 11) is 1.98. The zero-order valence-corrected chi connectivity index (χ0v) is 9.56. The van der Waals surface area contributed by atoms with Crippen molar-refractivity contribution in [2.75, 3.05) is 6.54 Å². The molecule has 0 amide bonds. The maximum Gasteiger partial charge on any atom is 0.0938 e. The van der Waals surface area contributed by atoms with E-state index in [-0.39, 0.29) is 0 Å². The Morgan fingerprint density at radius 3 is 2.85 bits per heavy atom. The van der Waals surface area contributed by atoms with Crippen LogP contribution in [0.2, 0.25) is 0 Å². The van der Waals surface area contributed by atoms with Crippen molar-refractivity contribution in [2.24, 2.45) is 7.05 Å². The third kappa shape index (κ3) is 1.53. The molecule has 13 heavy (non-hydrogen) atoms. The largest absolute Gasteiger partial charge is 0.309 e. The van der Waals surface area contributed by atoms with Crippen LogP contribution in [0.4, 0.5) is 0 Å². The van der Waals surface area contributed by atoms with Crippen molar-refractivity contribution in [3.8, 4) is 0 Å². The van der Waals surface area contributed by atoms with Crippen molar-refractivity contribution in [3.63, 3.8) is 0 Å². The third-order valence-corrected chi connectivity index (χ3v) is 3.66. The second-order valence-corrected chi connectivity index (χ2v) is 4.35. The molecule has 1 aliphatic rings. The molecule has 1 fully saturated rings. The Kier molecular flexibility index (Phi) is 2.43. The smallest absolute Gasteiger partial charge is 0.0938 e. The highest BCUT2D eigenvalue weighted by atomic mass is 79.9. The first-order chi connectivity index (χ1) is 6.20. The second-order valence-electron chi connectivity index (χ2n) is 3.56. The van der Waals surface area contributed by atoms with Gasteiger partial charge in [0.1, 0.15) is 0 Å². The lowest BCUT2D eigenvalue weighted by Gasteiger charge is -2.06. The van der Waals surface area contributed by atoms with E-state index in [1.807, 2.05) is 11.7 Å². The normalized spacial score (nSPS) is 22.5. The number of halogens is 1. The Bertz CT molecular complexity index is 313. The molecule has 1 N–H and O–H groups in total. The molecular formula is C9H14BrN3. The molecule has 1 unspecified atom stereocenters. The van der Waals surface area contributed by atoms with Crippen LogP contribution in [-0.4, -0.2) is 16.3 Å². The minimum atomic E-state index is 0.453. The lowest BCUT2D eigenvalue weighted by atomic mass is 10.1. The molecule has 1 aliphatic heterocycles. The van der Waals surface area contributed by atoms with Crippen LogP contribution in [0.1, 0.15) is 30.3 Å². The molecular weight excluding hydrogens is 230 g/mol. The van der Waals surface area contributed by atoms with Crippen LogP contribution in [0.15, 0.2) is 4.47 Å². The topological polar surface area (TPSA) is 29.9 Å². The second kappa shape index (κ2) is 3.42. The molecule has 4 heteroatoms. The number of rotatable bonds is 1. The maximum atomic E-state index is 4.50. The Labute approximate surface area is 86.6 Å². The maximum absolute atomic E-state index is 4.50. The predicted molar refractivity (Wildman–Crippen MR) is 55.6 cm³/mol. The van der Waals surface area contributed by atoms with Gasteiger partial charge in [0.15, 0.2) is 0 Å². The van der Waals surface area contributed by atoms with Crippen LogP contribution >= 0.6 is 15.9 Å². The van der Waals surface area contributed by atoms with E-state index >= 15 is 0 Å². The molecule has 0 spiro atoms. The van der Waals surface area contributed by atoms with Crippen molar-refractivity contribution in [1.82, 2.24) is 15.1 Å². The highest BCUT2D eigenvalue weighted by Crippen LogP contribution is 2.30. The van der Waals surface area contributed by atoms with Crippen molar-refractivity contribution in [3.05, 3.63) is 15.9 Å². The number of hydrogen-bond donors (Lipinski definition) is 1. The van der Waals surface area contributed by atoms with Crippen molar-refractivity contribution in [2.45, 2.75) is 25.8 Å². The molecule has 0 radical (unpaired) electrons. The quantitative estimate of drug-likeness (QED) is 0.817. The summed E-state index contributed by atoms with van der Waals surface area (Å²) in [5, 5.41) is 7.95. The molecule has 3 nitrogen and oxygen atoms in total. The van der Waals surface area contributed by atoms with Gasteiger partial charge in [0.25, 0.3) is 0 Å². The molecule has 1 aromatic rings. The van der Waals surface area contributed by atoms with Gasteiger partial charge < -0.3 is 5.32 Å². The molecule has 1 atom stereocenters. The van der Waals surface area contributed by atoms with E-state index in [1.165, 1.54) is 18.5 Å². The summed E-state index contributed by atoms with van der Waals surface area (Å²) in [5.74, 6) is 0. The summed E-state index contributed by atoms with van der Waals surface area (Å²) in [6.45, 7) is 3.20. The third-order valence-electron chi connectivity index (χ3n) is 2.68. The highest BCUT2D eigenvalue weighted by Gasteiger charge is 2.22. The zero-order chi connectivity index (χ0) is 9.42. The van der Waals surface area contributed by atoms with E-state index in [0.29, 0.717) is 6.04 Å². The number of aromatic nitrogens is 2. The van der Waals surface area contributed by atoms with E-state index < -0.39 is 0 Å². The van der Waals surface area contributed by atoms with Crippen LogP contribution in [0.3, 0.4) is 0 Å². The average molecular weight is 244 g/mol. The fourth-order valence-corrected chi connectivity index (χ4v) is 2.36. The van der Waals surface area contributed by atoms with Gasteiger partial charge in [-0.1, -0.05) is 0 Å². The van der Waals surface area contributed by atoms with Gasteiger partial charge in [-0.3, -0.25) is 4.68 Å². The summed E-state index contributed by atoms with van der Waals surface area (Å²) in [6.07, 6.45) is 2.46. The fraction of sp³-hybridized carbons (Fsp3) is 0.667. The Morgan fingerprint density at radius 1 is 1.62 bits per heavy atom. The lowest BCUT2D eigenvalue weighted by Crippen LogP contribution is -2.14. The van der Waals surface area contributed by atoms with E-state index in [9.17, 15) is 0 Å². The summed E-state index contributed by atoms with van der Waals surface area (Å²) in [4.78, 5) is 0. The van der Waals surface area contributed by atoms with Crippen LogP contribution in [0.25, 0.3) is 0 Å². The number of nitrogens with one attached hydrogen (secondary N) is 1. The van der Waals surface area contributed by atoms with Gasteiger partial charge in [0.2, 0.25) is 0 Å². The first kappa shape index (κ1) is 9.21. The molecule has 1 saturated heterocycles. The van der Waals surface area contributed by atoms with Gasteiger partial charge in [-0.15, -0.1) is 0 Å². The van der Waals surface area contributed by atoms with Crippen molar-refractivity contribution >= 4 is 15.9 Å². The SMILES string of the molecule is Cc1c(Br)c(C2CCCN2)nn1C. The van der Waals surface area contributed by atoms with Gasteiger partial charge in [0.05, 0.1) is 16.2 Å². The van der Waals surface area contributed by atoms with Gasteiger partial charge >= 0.3 is 0 Å². The highest BCUT2D eigenvalue weighted by molar-refractivity contribution is 9.10. The first-order valence-corrected chi connectivity index (χ1v) is 5.42. The van der Waals surface area contributed by atoms with E-state index in [1.54, 1.807) is 0 Å². The van der Waals surface area contributed by atoms with Crippen molar-refractivity contribution in [1.29, 1.82) is 0 Å². The van der Waals surface area contributed by atoms with Gasteiger partial charge in [-0.25, -0.2) is 0 Å². The zero-order valence-electron chi connectivity index (χ0n) is 7.97. The van der Waals surface area contributed by atoms with Gasteiger partial charge in [-0.05, 0) is 42.2 Å². The molecule has 0 saturated carbocycles. The minimum absolute atomic E-state index is 0.453. The van der Waals surface area contributed by atoms with Crippen LogP contribution in [-0.2, 0) is 7.05 Å². The molecule has 1 aromatic heterocycles. The van der Waals surface area contributed by atoms with Crippen LogP contribution in [0, 0.1) is 6.92 Å². The number of aryl methyl sites for hydroxylation is 1. The molecule has 0 bridgehead atoms. The number of hydrogen-bond acceptors (Lipinski definition) is 2. The molecule has 0 aromatic carbocycles. The van der Waals surface area contributed by atoms with Crippen molar-refractivity contribution < 1.29 is 0 Å². The van der Waals surface area contributed by atoms with E-state index in [2.05, 4.69) is 33.3 Å². The van der Waals surface area contributed by atoms with Crippen LogP contribution < -0.4 is 5.32 Å².